The van der Waals surface area contributed by atoms with Crippen molar-refractivity contribution >= 4 is 37.1 Å². The molecule has 2 aromatic rings. The van der Waals surface area contributed by atoms with Gasteiger partial charge in [-0.25, -0.2) is 22.0 Å². The molecular formula is C14H18N2O4S3. The topological polar surface area (TPSA) is 106 Å². The van der Waals surface area contributed by atoms with E-state index in [0.717, 1.165) is 4.88 Å². The summed E-state index contributed by atoms with van der Waals surface area (Å²) in [6.45, 7) is 5.35. The van der Waals surface area contributed by atoms with E-state index in [9.17, 15) is 16.8 Å². The van der Waals surface area contributed by atoms with Gasteiger partial charge in [-0.3, -0.25) is 4.72 Å². The van der Waals surface area contributed by atoms with Crippen LogP contribution in [0.25, 0.3) is 0 Å². The Hall–Kier alpha value is -1.42. The zero-order valence-electron chi connectivity index (χ0n) is 13.0. The number of rotatable bonds is 5. The molecule has 6 nitrogen and oxygen atoms in total. The summed E-state index contributed by atoms with van der Waals surface area (Å²) in [6.07, 6.45) is 0.474. The number of hydrogen-bond donors (Lipinski definition) is 2. The Kier molecular flexibility index (Phi) is 4.86. The Labute approximate surface area is 140 Å². The van der Waals surface area contributed by atoms with Crippen LogP contribution in [-0.2, 0) is 26.5 Å². The number of primary sulfonamides is 1. The molecule has 23 heavy (non-hydrogen) atoms. The minimum Gasteiger partial charge on any atom is -0.280 e. The summed E-state index contributed by atoms with van der Waals surface area (Å²) in [5.41, 5.74) is 0.701. The van der Waals surface area contributed by atoms with Crippen LogP contribution in [-0.4, -0.2) is 16.8 Å². The lowest BCUT2D eigenvalue weighted by atomic mass is 10.1. The maximum absolute atomic E-state index is 12.5. The average Bonchev–Trinajstić information content (AvgIpc) is 2.77. The Balaban J connectivity index is 2.46. The third-order valence-corrected chi connectivity index (χ3v) is 6.89. The molecule has 0 spiro atoms. The summed E-state index contributed by atoms with van der Waals surface area (Å²) in [7, 11) is -7.71. The van der Waals surface area contributed by atoms with Gasteiger partial charge in [-0.15, -0.1) is 11.3 Å². The third kappa shape index (κ3) is 3.92. The van der Waals surface area contributed by atoms with Gasteiger partial charge in [0.2, 0.25) is 10.0 Å². The zero-order chi connectivity index (χ0) is 17.4. The van der Waals surface area contributed by atoms with Crippen molar-refractivity contribution in [3.05, 3.63) is 39.6 Å². The largest absolute Gasteiger partial charge is 0.280 e. The highest BCUT2D eigenvalue weighted by molar-refractivity contribution is 7.93. The van der Waals surface area contributed by atoms with E-state index >= 15 is 0 Å². The molecule has 1 aromatic carbocycles. The normalized spacial score (nSPS) is 12.3. The summed E-state index contributed by atoms with van der Waals surface area (Å²) in [6, 6.07) is 5.92. The highest BCUT2D eigenvalue weighted by Crippen LogP contribution is 2.28. The van der Waals surface area contributed by atoms with Crippen LogP contribution in [0, 0.1) is 13.8 Å². The Morgan fingerprint density at radius 1 is 1.09 bits per heavy atom. The van der Waals surface area contributed by atoms with Crippen molar-refractivity contribution in [1.82, 2.24) is 0 Å². The number of hydrogen-bond acceptors (Lipinski definition) is 5. The van der Waals surface area contributed by atoms with Crippen LogP contribution < -0.4 is 9.86 Å². The third-order valence-electron chi connectivity index (χ3n) is 3.29. The SMILES string of the molecule is CCc1ccc(NS(=O)(=O)c2cc(C)sc2C)cc1S(N)(=O)=O. The highest BCUT2D eigenvalue weighted by atomic mass is 32.2. The molecule has 1 aromatic heterocycles. The Morgan fingerprint density at radius 3 is 2.22 bits per heavy atom. The van der Waals surface area contributed by atoms with Crippen LogP contribution in [0.2, 0.25) is 0 Å². The van der Waals surface area contributed by atoms with E-state index in [1.54, 1.807) is 26.0 Å². The van der Waals surface area contributed by atoms with Crippen molar-refractivity contribution in [2.45, 2.75) is 37.0 Å². The second-order valence-electron chi connectivity index (χ2n) is 5.10. The van der Waals surface area contributed by atoms with Crippen LogP contribution >= 0.6 is 11.3 Å². The van der Waals surface area contributed by atoms with Gasteiger partial charge in [-0.05, 0) is 44.0 Å². The predicted molar refractivity (Wildman–Crippen MR) is 91.8 cm³/mol. The lowest BCUT2D eigenvalue weighted by molar-refractivity contribution is 0.595. The maximum atomic E-state index is 12.5. The first-order chi connectivity index (χ1) is 10.5. The van der Waals surface area contributed by atoms with Crippen LogP contribution in [0.15, 0.2) is 34.1 Å². The number of sulfonamides is 2. The number of nitrogens with one attached hydrogen (secondary N) is 1. The van der Waals surface area contributed by atoms with Crippen LogP contribution in [0.1, 0.15) is 22.2 Å². The van der Waals surface area contributed by atoms with Gasteiger partial charge in [0.15, 0.2) is 0 Å². The van der Waals surface area contributed by atoms with Crippen LogP contribution in [0.4, 0.5) is 5.69 Å². The molecule has 126 valence electrons. The van der Waals surface area contributed by atoms with Crippen molar-refractivity contribution in [2.75, 3.05) is 4.72 Å². The first-order valence-electron chi connectivity index (χ1n) is 6.80. The zero-order valence-corrected chi connectivity index (χ0v) is 15.4. The molecule has 0 aliphatic heterocycles. The molecule has 0 aliphatic carbocycles. The molecular weight excluding hydrogens is 356 g/mol. The number of nitrogens with two attached hydrogens (primary N) is 1. The average molecular weight is 375 g/mol. The molecule has 0 saturated heterocycles. The van der Waals surface area contributed by atoms with Gasteiger partial charge < -0.3 is 0 Å². The smallest absolute Gasteiger partial charge is 0.262 e. The fourth-order valence-corrected chi connectivity index (χ4v) is 5.73. The minimum absolute atomic E-state index is 0.0709. The van der Waals surface area contributed by atoms with Gasteiger partial charge in [0.25, 0.3) is 10.0 Å². The van der Waals surface area contributed by atoms with Crippen LogP contribution in [0.3, 0.4) is 0 Å². The molecule has 0 aliphatic rings. The van der Waals surface area contributed by atoms with Gasteiger partial charge in [-0.2, -0.15) is 0 Å². The summed E-state index contributed by atoms with van der Waals surface area (Å²) in [5, 5.41) is 5.20. The monoisotopic (exact) mass is 374 g/mol. The first kappa shape index (κ1) is 17.9. The molecule has 0 bridgehead atoms. The molecule has 1 heterocycles. The van der Waals surface area contributed by atoms with Gasteiger partial charge >= 0.3 is 0 Å². The van der Waals surface area contributed by atoms with E-state index < -0.39 is 20.0 Å². The molecule has 0 saturated carbocycles. The first-order valence-corrected chi connectivity index (χ1v) is 10.6. The molecule has 0 fully saturated rings. The summed E-state index contributed by atoms with van der Waals surface area (Å²) < 4.78 is 50.7. The summed E-state index contributed by atoms with van der Waals surface area (Å²) in [4.78, 5) is 1.68. The summed E-state index contributed by atoms with van der Waals surface area (Å²) in [5.74, 6) is 0. The van der Waals surface area contributed by atoms with Crippen molar-refractivity contribution in [2.24, 2.45) is 5.14 Å². The molecule has 9 heteroatoms. The molecule has 0 radical (unpaired) electrons. The number of benzene rings is 1. The van der Waals surface area contributed by atoms with E-state index in [2.05, 4.69) is 4.72 Å². The van der Waals surface area contributed by atoms with E-state index in [0.29, 0.717) is 16.9 Å². The lowest BCUT2D eigenvalue weighted by Crippen LogP contribution is -2.17. The van der Waals surface area contributed by atoms with E-state index in [1.807, 2.05) is 6.92 Å². The second kappa shape index (κ2) is 6.23. The molecule has 0 unspecified atom stereocenters. The van der Waals surface area contributed by atoms with E-state index in [-0.39, 0.29) is 15.5 Å². The van der Waals surface area contributed by atoms with Gasteiger partial charge in [-0.1, -0.05) is 13.0 Å². The van der Waals surface area contributed by atoms with Crippen molar-refractivity contribution < 1.29 is 16.8 Å². The summed E-state index contributed by atoms with van der Waals surface area (Å²) >= 11 is 1.39. The molecule has 2 rings (SSSR count). The van der Waals surface area contributed by atoms with Crippen molar-refractivity contribution in [3.63, 3.8) is 0 Å². The lowest BCUT2D eigenvalue weighted by Gasteiger charge is -2.11. The highest BCUT2D eigenvalue weighted by Gasteiger charge is 2.21. The van der Waals surface area contributed by atoms with Crippen molar-refractivity contribution in [3.8, 4) is 0 Å². The fraction of sp³-hybridized carbons (Fsp3) is 0.286. The van der Waals surface area contributed by atoms with Gasteiger partial charge in [0.05, 0.1) is 10.6 Å². The quantitative estimate of drug-likeness (QED) is 0.838. The molecule has 3 N–H and O–H groups in total. The Bertz CT molecular complexity index is 944. The molecule has 0 atom stereocenters. The number of thiophene rings is 1. The second-order valence-corrected chi connectivity index (χ2v) is 9.75. The van der Waals surface area contributed by atoms with Gasteiger partial charge in [0, 0.05) is 9.75 Å². The standard InChI is InChI=1S/C14H18N2O4S3/c1-4-11-5-6-12(8-14(11)22(15,17)18)16-23(19,20)13-7-9(2)21-10(13)3/h5-8,16H,4H2,1-3H3,(H2,15,17,18). The maximum Gasteiger partial charge on any atom is 0.262 e. The van der Waals surface area contributed by atoms with E-state index in [4.69, 9.17) is 5.14 Å². The minimum atomic E-state index is -3.93. The van der Waals surface area contributed by atoms with E-state index in [1.165, 1.54) is 23.5 Å². The Morgan fingerprint density at radius 2 is 1.74 bits per heavy atom. The molecule has 0 amide bonds. The number of anilines is 1. The van der Waals surface area contributed by atoms with Gasteiger partial charge in [0.1, 0.15) is 4.90 Å². The fourth-order valence-electron chi connectivity index (χ4n) is 2.26. The predicted octanol–water partition coefficient (Wildman–Crippen LogP) is 2.38. The van der Waals surface area contributed by atoms with Crippen LogP contribution in [0.5, 0.6) is 0 Å². The van der Waals surface area contributed by atoms with Crippen molar-refractivity contribution in [1.29, 1.82) is 0 Å². The number of aryl methyl sites for hydroxylation is 3.